The molecule has 0 unspecified atom stereocenters. The number of hydrogen-bond donors (Lipinski definition) is 2. The number of carbonyl (C=O) groups is 2. The first kappa shape index (κ1) is 29.7. The standard InChI is InChI=1S/C13H9.C5H5.2C3H6O2.C2H6Si.Ti/c1-3-7-12-10(5-1)9-11-6-2-4-8-13(11)12;1-2-4-5-3-1;2*1-2-3(4)5;1-3-2;/h1-9H;1-3H,4H2;2*2H2,1H3,(H,4,5);1-2H3;/q2*-1;;;;+2. The monoisotopic (exact) mass is 484 g/mol. The molecule has 3 aromatic carbocycles. The molecular formula is C26H32O4SiTi. The summed E-state index contributed by atoms with van der Waals surface area (Å²) in [5.74, 6) is -1.49. The van der Waals surface area contributed by atoms with E-state index < -0.39 is 11.9 Å². The second kappa shape index (κ2) is 18.3. The number of benzene rings is 2. The van der Waals surface area contributed by atoms with Crippen molar-refractivity contribution in [2.75, 3.05) is 0 Å². The van der Waals surface area contributed by atoms with Crippen molar-refractivity contribution in [3.8, 4) is 0 Å². The van der Waals surface area contributed by atoms with Gasteiger partial charge in [0.05, 0.1) is 0 Å². The maximum Gasteiger partial charge on any atom is -0.0771 e. The van der Waals surface area contributed by atoms with Crippen LogP contribution in [0.4, 0.5) is 0 Å². The molecule has 0 saturated carbocycles. The van der Waals surface area contributed by atoms with E-state index in [2.05, 4.69) is 99.0 Å². The average molecular weight is 484 g/mol. The summed E-state index contributed by atoms with van der Waals surface area (Å²) >= 11 is 2.27. The average Bonchev–Trinajstić information content (AvgIpc) is 3.46. The van der Waals surface area contributed by atoms with E-state index in [1.807, 2.05) is 12.2 Å². The Morgan fingerprint density at radius 2 is 1.31 bits per heavy atom. The normalized spacial score (nSPS) is 10.4. The van der Waals surface area contributed by atoms with Crippen molar-refractivity contribution in [1.82, 2.24) is 0 Å². The van der Waals surface area contributed by atoms with Gasteiger partial charge in [0.1, 0.15) is 0 Å². The minimum Gasteiger partial charge on any atom is -0.273 e. The summed E-state index contributed by atoms with van der Waals surface area (Å²) in [7, 11) is 0. The Bertz CT molecular complexity index is 956. The van der Waals surface area contributed by atoms with Crippen molar-refractivity contribution in [3.05, 3.63) is 78.9 Å². The van der Waals surface area contributed by atoms with Gasteiger partial charge in [0.15, 0.2) is 0 Å². The first-order valence-corrected chi connectivity index (χ1v) is 15.3. The van der Waals surface area contributed by atoms with E-state index in [0.717, 1.165) is 6.42 Å². The van der Waals surface area contributed by atoms with Crippen LogP contribution in [0.3, 0.4) is 0 Å². The summed E-state index contributed by atoms with van der Waals surface area (Å²) in [4.78, 5) is 18.7. The van der Waals surface area contributed by atoms with Gasteiger partial charge in [0.2, 0.25) is 0 Å². The van der Waals surface area contributed by atoms with Crippen LogP contribution < -0.4 is 0 Å². The number of carboxylic acid groups (broad SMARTS) is 2. The molecule has 6 heteroatoms. The van der Waals surface area contributed by atoms with Gasteiger partial charge in [0.25, 0.3) is 0 Å². The van der Waals surface area contributed by atoms with Crippen molar-refractivity contribution >= 4 is 39.7 Å². The molecule has 0 bridgehead atoms. The summed E-state index contributed by atoms with van der Waals surface area (Å²) in [5.41, 5.74) is 0. The van der Waals surface area contributed by atoms with Gasteiger partial charge in [-0.15, -0.1) is 46.2 Å². The predicted molar refractivity (Wildman–Crippen MR) is 132 cm³/mol. The molecule has 168 valence electrons. The summed E-state index contributed by atoms with van der Waals surface area (Å²) in [6, 6.07) is 19.3. The molecule has 0 spiro atoms. The molecule has 4 nitrogen and oxygen atoms in total. The molecule has 0 heterocycles. The van der Waals surface area contributed by atoms with Crippen molar-refractivity contribution in [2.24, 2.45) is 0 Å². The molecule has 0 fully saturated rings. The number of rotatable bonds is 2. The van der Waals surface area contributed by atoms with E-state index in [1.165, 1.54) is 21.5 Å². The van der Waals surface area contributed by atoms with Crippen molar-refractivity contribution < 1.29 is 39.0 Å². The van der Waals surface area contributed by atoms with Crippen LogP contribution in [0.1, 0.15) is 33.1 Å². The zero-order valence-electron chi connectivity index (χ0n) is 19.3. The fourth-order valence-electron chi connectivity index (χ4n) is 2.24. The molecule has 3 aromatic rings. The van der Waals surface area contributed by atoms with Crippen LogP contribution >= 0.6 is 0 Å². The first-order chi connectivity index (χ1) is 15.2. The van der Waals surface area contributed by atoms with Gasteiger partial charge in [-0.25, -0.2) is 12.2 Å². The van der Waals surface area contributed by atoms with Crippen LogP contribution in [0.2, 0.25) is 13.1 Å². The number of carboxylic acids is 2. The van der Waals surface area contributed by atoms with Crippen molar-refractivity contribution in [2.45, 2.75) is 46.2 Å². The first-order valence-electron chi connectivity index (χ1n) is 10.4. The van der Waals surface area contributed by atoms with Crippen LogP contribution in [0.15, 0.2) is 72.8 Å². The zero-order chi connectivity index (χ0) is 24.4. The number of hydrogen-bond acceptors (Lipinski definition) is 2. The Hall–Kier alpha value is -2.34. The van der Waals surface area contributed by atoms with Gasteiger partial charge in [-0.1, -0.05) is 50.2 Å². The maximum atomic E-state index is 9.37. The Labute approximate surface area is 203 Å². The summed E-state index contributed by atoms with van der Waals surface area (Å²) in [6.45, 7) is 7.74. The molecule has 1 aliphatic rings. The molecule has 0 amide bonds. The minimum absolute atomic E-state index is 0.120. The van der Waals surface area contributed by atoms with E-state index in [-0.39, 0.29) is 19.0 Å². The van der Waals surface area contributed by atoms with Crippen LogP contribution in [0, 0.1) is 6.08 Å². The molecule has 1 aliphatic carbocycles. The van der Waals surface area contributed by atoms with Crippen molar-refractivity contribution in [1.29, 1.82) is 0 Å². The number of fused-ring (bicyclic) bond motifs is 3. The molecule has 4 rings (SSSR count). The van der Waals surface area contributed by atoms with E-state index >= 15 is 0 Å². The quantitative estimate of drug-likeness (QED) is 0.311. The Morgan fingerprint density at radius 3 is 1.56 bits per heavy atom. The van der Waals surface area contributed by atoms with E-state index in [1.54, 1.807) is 13.8 Å². The Balaban J connectivity index is 0.000000427. The second-order valence-electron chi connectivity index (χ2n) is 6.82. The number of aliphatic carboxylic acids is 2. The Morgan fingerprint density at radius 1 is 0.938 bits per heavy atom. The van der Waals surface area contributed by atoms with Gasteiger partial charge in [-0.05, 0) is 0 Å². The molecular weight excluding hydrogens is 452 g/mol. The smallest absolute Gasteiger partial charge is 0.0771 e. The third-order valence-corrected chi connectivity index (χ3v) is 3.71. The van der Waals surface area contributed by atoms with Crippen LogP contribution in [0.5, 0.6) is 0 Å². The maximum absolute atomic E-state index is 9.37. The minimum atomic E-state index is -0.745. The van der Waals surface area contributed by atoms with E-state index in [0.29, 0.717) is 0 Å². The molecule has 0 aromatic heterocycles. The fraction of sp³-hybridized carbons (Fsp3) is 0.269. The molecule has 2 N–H and O–H groups in total. The second-order valence-corrected chi connectivity index (χ2v) is 13.5. The SMILES string of the molecule is CCC(=O)O.CCC(=O)O.C[Si](C)=[Ti+2].[C-]1=CC=CC1.c1ccc2c(c1)[cH-]c1ccccc12. The van der Waals surface area contributed by atoms with Crippen LogP contribution in [-0.4, -0.2) is 28.3 Å². The third-order valence-electron chi connectivity index (χ3n) is 3.71. The van der Waals surface area contributed by atoms with Crippen LogP contribution in [0.25, 0.3) is 21.5 Å². The van der Waals surface area contributed by atoms with Crippen molar-refractivity contribution in [3.63, 3.8) is 0 Å². The third kappa shape index (κ3) is 14.6. The van der Waals surface area contributed by atoms with E-state index in [4.69, 9.17) is 10.2 Å². The zero-order valence-corrected chi connectivity index (χ0v) is 21.8. The van der Waals surface area contributed by atoms with Gasteiger partial charge >= 0.3 is 50.4 Å². The fourth-order valence-corrected chi connectivity index (χ4v) is 2.24. The van der Waals surface area contributed by atoms with Gasteiger partial charge in [0, 0.05) is 12.8 Å². The number of allylic oxidation sites excluding steroid dienone is 4. The molecule has 0 saturated heterocycles. The summed E-state index contributed by atoms with van der Waals surface area (Å²) in [5, 5.41) is 20.8. The van der Waals surface area contributed by atoms with Crippen LogP contribution in [-0.2, 0) is 28.8 Å². The summed E-state index contributed by atoms with van der Waals surface area (Å²) in [6.07, 6.45) is 10.6. The van der Waals surface area contributed by atoms with Gasteiger partial charge in [-0.3, -0.25) is 15.7 Å². The molecule has 0 radical (unpaired) electrons. The van der Waals surface area contributed by atoms with Gasteiger partial charge in [-0.2, -0.15) is 6.08 Å². The Kier molecular flexibility index (Phi) is 16.9. The van der Waals surface area contributed by atoms with E-state index in [9.17, 15) is 9.59 Å². The van der Waals surface area contributed by atoms with Gasteiger partial charge < -0.3 is 10.2 Å². The molecule has 0 aliphatic heterocycles. The molecule has 32 heavy (non-hydrogen) atoms. The molecule has 0 atom stereocenters. The summed E-state index contributed by atoms with van der Waals surface area (Å²) < 4.78 is 0. The largest absolute Gasteiger partial charge is 0.273 e. The topological polar surface area (TPSA) is 74.6 Å². The predicted octanol–water partition coefficient (Wildman–Crippen LogP) is 6.76.